The van der Waals surface area contributed by atoms with Crippen molar-refractivity contribution in [3.05, 3.63) is 29.8 Å². The van der Waals surface area contributed by atoms with Gasteiger partial charge in [-0.05, 0) is 50.0 Å². The van der Waals surface area contributed by atoms with Gasteiger partial charge in [-0.3, -0.25) is 0 Å². The maximum Gasteiger partial charge on any atom is 0.119 e. The molecule has 94 valence electrons. The SMILES string of the molecule is COc1cccc(CC2(F)CCCNCC2)c1. The Morgan fingerprint density at radius 2 is 2.24 bits per heavy atom. The lowest BCUT2D eigenvalue weighted by molar-refractivity contribution is 0.144. The highest BCUT2D eigenvalue weighted by Crippen LogP contribution is 2.29. The number of nitrogens with one attached hydrogen (secondary N) is 1. The van der Waals surface area contributed by atoms with E-state index in [1.807, 2.05) is 24.3 Å². The smallest absolute Gasteiger partial charge is 0.119 e. The van der Waals surface area contributed by atoms with Gasteiger partial charge in [0.15, 0.2) is 0 Å². The Morgan fingerprint density at radius 3 is 3.06 bits per heavy atom. The van der Waals surface area contributed by atoms with Crippen molar-refractivity contribution >= 4 is 0 Å². The minimum atomic E-state index is -1.06. The number of ether oxygens (including phenoxy) is 1. The Hall–Kier alpha value is -1.09. The van der Waals surface area contributed by atoms with Gasteiger partial charge in [0.05, 0.1) is 7.11 Å². The largest absolute Gasteiger partial charge is 0.497 e. The normalized spacial score (nSPS) is 25.3. The highest BCUT2D eigenvalue weighted by molar-refractivity contribution is 5.29. The molecule has 0 aromatic heterocycles. The summed E-state index contributed by atoms with van der Waals surface area (Å²) in [6.07, 6.45) is 2.66. The van der Waals surface area contributed by atoms with Crippen LogP contribution in [0.3, 0.4) is 0 Å². The highest BCUT2D eigenvalue weighted by Gasteiger charge is 2.30. The molecule has 1 unspecified atom stereocenters. The number of hydrogen-bond acceptors (Lipinski definition) is 2. The first-order valence-corrected chi connectivity index (χ1v) is 6.24. The van der Waals surface area contributed by atoms with Crippen LogP contribution in [0.4, 0.5) is 4.39 Å². The zero-order chi connectivity index (χ0) is 12.1. The van der Waals surface area contributed by atoms with Crippen LogP contribution in [0.25, 0.3) is 0 Å². The minimum absolute atomic E-state index is 0.492. The molecule has 1 aliphatic heterocycles. The van der Waals surface area contributed by atoms with Gasteiger partial charge in [-0.2, -0.15) is 0 Å². The first-order chi connectivity index (χ1) is 8.22. The maximum atomic E-state index is 14.7. The van der Waals surface area contributed by atoms with E-state index in [9.17, 15) is 4.39 Å². The lowest BCUT2D eigenvalue weighted by Crippen LogP contribution is -2.27. The molecule has 1 aromatic carbocycles. The molecular weight excluding hydrogens is 217 g/mol. The minimum Gasteiger partial charge on any atom is -0.497 e. The summed E-state index contributed by atoms with van der Waals surface area (Å²) in [5.74, 6) is 0.804. The number of halogens is 1. The second-order valence-corrected chi connectivity index (χ2v) is 4.78. The van der Waals surface area contributed by atoms with Gasteiger partial charge in [-0.1, -0.05) is 12.1 Å². The number of alkyl halides is 1. The van der Waals surface area contributed by atoms with E-state index in [2.05, 4.69) is 5.32 Å². The van der Waals surface area contributed by atoms with E-state index in [0.717, 1.165) is 30.8 Å². The number of benzene rings is 1. The third-order valence-electron chi connectivity index (χ3n) is 3.38. The molecule has 2 nitrogen and oxygen atoms in total. The fourth-order valence-corrected chi connectivity index (χ4v) is 2.42. The van der Waals surface area contributed by atoms with Crippen LogP contribution in [0.5, 0.6) is 5.75 Å². The summed E-state index contributed by atoms with van der Waals surface area (Å²) in [6.45, 7) is 1.71. The van der Waals surface area contributed by atoms with Crippen molar-refractivity contribution in [3.63, 3.8) is 0 Å². The molecule has 0 spiro atoms. The third kappa shape index (κ3) is 3.43. The van der Waals surface area contributed by atoms with Crippen LogP contribution in [-0.2, 0) is 6.42 Å². The van der Waals surface area contributed by atoms with Crippen LogP contribution < -0.4 is 10.1 Å². The van der Waals surface area contributed by atoms with E-state index in [1.54, 1.807) is 7.11 Å². The van der Waals surface area contributed by atoms with Crippen molar-refractivity contribution in [2.75, 3.05) is 20.2 Å². The third-order valence-corrected chi connectivity index (χ3v) is 3.38. The molecule has 0 aliphatic carbocycles. The van der Waals surface area contributed by atoms with Crippen molar-refractivity contribution in [1.82, 2.24) is 5.32 Å². The Balaban J connectivity index is 2.07. The molecule has 0 radical (unpaired) electrons. The van der Waals surface area contributed by atoms with Crippen molar-refractivity contribution in [2.45, 2.75) is 31.4 Å². The Kier molecular flexibility index (Phi) is 4.00. The van der Waals surface area contributed by atoms with Gasteiger partial charge in [0.1, 0.15) is 11.4 Å². The van der Waals surface area contributed by atoms with Gasteiger partial charge in [-0.15, -0.1) is 0 Å². The zero-order valence-corrected chi connectivity index (χ0v) is 10.3. The first kappa shape index (κ1) is 12.4. The summed E-state index contributed by atoms with van der Waals surface area (Å²) in [7, 11) is 1.64. The fourth-order valence-electron chi connectivity index (χ4n) is 2.42. The van der Waals surface area contributed by atoms with E-state index in [1.165, 1.54) is 0 Å². The molecule has 0 saturated carbocycles. The highest BCUT2D eigenvalue weighted by atomic mass is 19.1. The Bertz CT molecular complexity index is 359. The first-order valence-electron chi connectivity index (χ1n) is 6.24. The molecule has 1 heterocycles. The monoisotopic (exact) mass is 237 g/mol. The molecule has 0 amide bonds. The predicted octanol–water partition coefficient (Wildman–Crippen LogP) is 2.72. The Morgan fingerprint density at radius 1 is 1.35 bits per heavy atom. The van der Waals surface area contributed by atoms with E-state index in [-0.39, 0.29) is 0 Å². The summed E-state index contributed by atoms with van der Waals surface area (Å²) >= 11 is 0. The van der Waals surface area contributed by atoms with Crippen LogP contribution >= 0.6 is 0 Å². The van der Waals surface area contributed by atoms with Crippen molar-refractivity contribution in [3.8, 4) is 5.75 Å². The fraction of sp³-hybridized carbons (Fsp3) is 0.571. The summed E-state index contributed by atoms with van der Waals surface area (Å²) in [5, 5.41) is 3.25. The van der Waals surface area contributed by atoms with Gasteiger partial charge in [-0.25, -0.2) is 4.39 Å². The number of methoxy groups -OCH3 is 1. The lowest BCUT2D eigenvalue weighted by atomic mass is 9.89. The molecule has 1 aromatic rings. The predicted molar refractivity (Wildman–Crippen MR) is 67.3 cm³/mol. The molecular formula is C14H20FNO. The van der Waals surface area contributed by atoms with Gasteiger partial charge in [0.25, 0.3) is 0 Å². The molecule has 1 saturated heterocycles. The second-order valence-electron chi connectivity index (χ2n) is 4.78. The van der Waals surface area contributed by atoms with Gasteiger partial charge in [0, 0.05) is 6.42 Å². The molecule has 1 aliphatic rings. The molecule has 0 bridgehead atoms. The van der Waals surface area contributed by atoms with Crippen LogP contribution in [0.15, 0.2) is 24.3 Å². The van der Waals surface area contributed by atoms with Crippen LogP contribution in [-0.4, -0.2) is 25.9 Å². The number of hydrogen-bond donors (Lipinski definition) is 1. The zero-order valence-electron chi connectivity index (χ0n) is 10.3. The summed E-state index contributed by atoms with van der Waals surface area (Å²) in [5.41, 5.74) is -0.0377. The summed E-state index contributed by atoms with van der Waals surface area (Å²) in [4.78, 5) is 0. The van der Waals surface area contributed by atoms with Crippen molar-refractivity contribution < 1.29 is 9.13 Å². The standard InChI is InChI=1S/C14H20FNO/c1-17-13-5-2-4-12(10-13)11-14(15)6-3-8-16-9-7-14/h2,4-5,10,16H,3,6-9,11H2,1H3. The molecule has 2 rings (SSSR count). The second kappa shape index (κ2) is 5.50. The van der Waals surface area contributed by atoms with Crippen LogP contribution in [0.1, 0.15) is 24.8 Å². The lowest BCUT2D eigenvalue weighted by Gasteiger charge is -2.23. The van der Waals surface area contributed by atoms with E-state index >= 15 is 0 Å². The van der Waals surface area contributed by atoms with E-state index < -0.39 is 5.67 Å². The van der Waals surface area contributed by atoms with Crippen molar-refractivity contribution in [2.24, 2.45) is 0 Å². The van der Waals surface area contributed by atoms with Crippen LogP contribution in [0, 0.1) is 0 Å². The molecule has 17 heavy (non-hydrogen) atoms. The maximum absolute atomic E-state index is 14.7. The van der Waals surface area contributed by atoms with E-state index in [4.69, 9.17) is 4.74 Å². The molecule has 1 fully saturated rings. The average molecular weight is 237 g/mol. The topological polar surface area (TPSA) is 21.3 Å². The van der Waals surface area contributed by atoms with E-state index in [0.29, 0.717) is 19.3 Å². The average Bonchev–Trinajstić information content (AvgIpc) is 2.54. The number of rotatable bonds is 3. The molecule has 3 heteroatoms. The summed E-state index contributed by atoms with van der Waals surface area (Å²) < 4.78 is 19.8. The molecule has 1 atom stereocenters. The summed E-state index contributed by atoms with van der Waals surface area (Å²) in [6, 6.07) is 7.72. The van der Waals surface area contributed by atoms with Crippen molar-refractivity contribution in [1.29, 1.82) is 0 Å². The van der Waals surface area contributed by atoms with Gasteiger partial charge >= 0.3 is 0 Å². The molecule has 1 N–H and O–H groups in total. The van der Waals surface area contributed by atoms with Crippen LogP contribution in [0.2, 0.25) is 0 Å². The quantitative estimate of drug-likeness (QED) is 0.872. The van der Waals surface area contributed by atoms with Gasteiger partial charge in [0.2, 0.25) is 0 Å². The Labute approximate surface area is 102 Å². The van der Waals surface area contributed by atoms with Gasteiger partial charge < -0.3 is 10.1 Å².